The Morgan fingerprint density at radius 2 is 1.95 bits per heavy atom. The van der Waals surface area contributed by atoms with E-state index in [4.69, 9.17) is 19.9 Å². The molecule has 1 spiro atoms. The summed E-state index contributed by atoms with van der Waals surface area (Å²) in [5.74, 6) is -0.879. The van der Waals surface area contributed by atoms with Crippen LogP contribution in [0.3, 0.4) is 0 Å². The van der Waals surface area contributed by atoms with Gasteiger partial charge in [0.25, 0.3) is 0 Å². The zero-order valence-electron chi connectivity index (χ0n) is 21.4. The number of rotatable bonds is 6. The standard InChI is InChI=1S/C29H32N2O7.CH4/c1-16(36-27(34)19(30)14-17-6-4-3-5-7-17)26(33)37-21-10-11-29(35)22-15-18-8-9-20(32)24-23(18)28(29,25(21)38-24)12-13-31(22)2;/h3-10,16,19,22,25,32,35H,11-15,30H2,1-2H3;1H4/t16-,19-,22+,25-,28-,29+;/m0./s1. The summed E-state index contributed by atoms with van der Waals surface area (Å²) in [6.45, 7) is 2.16. The number of benzene rings is 2. The minimum atomic E-state index is -1.20. The molecular formula is C30H36N2O7. The van der Waals surface area contributed by atoms with Crippen molar-refractivity contribution in [3.05, 3.63) is 71.0 Å². The Morgan fingerprint density at radius 3 is 2.69 bits per heavy atom. The number of carbonyl (C=O) groups excluding carboxylic acids is 2. The lowest BCUT2D eigenvalue weighted by Gasteiger charge is -2.61. The quantitative estimate of drug-likeness (QED) is 0.476. The van der Waals surface area contributed by atoms with E-state index in [1.807, 2.05) is 43.4 Å². The first-order valence-corrected chi connectivity index (χ1v) is 13.0. The number of nitrogens with zero attached hydrogens (tertiary/aromatic N) is 1. The second kappa shape index (κ2) is 9.66. The predicted octanol–water partition coefficient (Wildman–Crippen LogP) is 2.35. The minimum absolute atomic E-state index is 0. The molecular weight excluding hydrogens is 500 g/mol. The van der Waals surface area contributed by atoms with Crippen molar-refractivity contribution in [1.29, 1.82) is 0 Å². The normalized spacial score (nSPS) is 29.6. The summed E-state index contributed by atoms with van der Waals surface area (Å²) in [5.41, 5.74) is 6.70. The second-order valence-electron chi connectivity index (χ2n) is 10.9. The van der Waals surface area contributed by atoms with Crippen molar-refractivity contribution in [3.8, 4) is 11.5 Å². The average Bonchev–Trinajstić information content (AvgIpc) is 3.26. The number of phenolic OH excluding ortho intramolecular Hbond substituents is 1. The summed E-state index contributed by atoms with van der Waals surface area (Å²) in [5, 5.41) is 22.8. The number of ether oxygens (including phenoxy) is 3. The lowest BCUT2D eigenvalue weighted by molar-refractivity contribution is -0.175. The molecule has 2 aromatic carbocycles. The molecule has 0 radical (unpaired) electrons. The first-order valence-electron chi connectivity index (χ1n) is 13.0. The van der Waals surface area contributed by atoms with Crippen LogP contribution in [0.15, 0.2) is 54.3 Å². The van der Waals surface area contributed by atoms with E-state index in [2.05, 4.69) is 4.90 Å². The molecule has 2 bridgehead atoms. The van der Waals surface area contributed by atoms with Crippen LogP contribution in [-0.4, -0.2) is 70.5 Å². The third-order valence-corrected chi connectivity index (χ3v) is 8.80. The highest BCUT2D eigenvalue weighted by Gasteiger charge is 2.72. The van der Waals surface area contributed by atoms with Crippen molar-refractivity contribution in [2.75, 3.05) is 13.6 Å². The lowest BCUT2D eigenvalue weighted by Crippen LogP contribution is -2.74. The monoisotopic (exact) mass is 536 g/mol. The number of carbonyl (C=O) groups is 2. The van der Waals surface area contributed by atoms with Crippen LogP contribution in [0.5, 0.6) is 11.5 Å². The Balaban J connectivity index is 0.00000308. The zero-order chi connectivity index (χ0) is 26.8. The van der Waals surface area contributed by atoms with E-state index >= 15 is 0 Å². The van der Waals surface area contributed by atoms with E-state index in [0.29, 0.717) is 18.6 Å². The number of likely N-dealkylation sites (tertiary alicyclic amines) is 1. The highest BCUT2D eigenvalue weighted by atomic mass is 16.6. The van der Waals surface area contributed by atoms with Crippen LogP contribution in [0.4, 0.5) is 0 Å². The highest BCUT2D eigenvalue weighted by molar-refractivity contribution is 5.82. The van der Waals surface area contributed by atoms with Crippen molar-refractivity contribution in [3.63, 3.8) is 0 Å². The van der Waals surface area contributed by atoms with Crippen LogP contribution >= 0.6 is 0 Å². The van der Waals surface area contributed by atoms with Crippen LogP contribution < -0.4 is 10.5 Å². The Hall–Kier alpha value is -3.40. The molecule has 9 nitrogen and oxygen atoms in total. The van der Waals surface area contributed by atoms with Gasteiger partial charge in [0.15, 0.2) is 23.7 Å². The molecule has 1 saturated heterocycles. The van der Waals surface area contributed by atoms with Gasteiger partial charge >= 0.3 is 11.9 Å². The summed E-state index contributed by atoms with van der Waals surface area (Å²) in [7, 11) is 2.00. The fourth-order valence-corrected chi connectivity index (χ4v) is 6.90. The van der Waals surface area contributed by atoms with Crippen LogP contribution in [-0.2, 0) is 37.3 Å². The molecule has 1 fully saturated rings. The van der Waals surface area contributed by atoms with E-state index in [1.54, 1.807) is 12.1 Å². The number of hydrogen-bond acceptors (Lipinski definition) is 9. The predicted molar refractivity (Wildman–Crippen MR) is 143 cm³/mol. The van der Waals surface area contributed by atoms with Gasteiger partial charge in [0.1, 0.15) is 11.8 Å². The van der Waals surface area contributed by atoms with Crippen LogP contribution in [0.25, 0.3) is 0 Å². The first-order chi connectivity index (χ1) is 18.2. The molecule has 6 atom stereocenters. The number of phenols is 1. The third-order valence-electron chi connectivity index (χ3n) is 8.80. The molecule has 2 heterocycles. The molecule has 4 aliphatic rings. The summed E-state index contributed by atoms with van der Waals surface area (Å²) in [6, 6.07) is 11.7. The van der Waals surface area contributed by atoms with Gasteiger partial charge in [-0.15, -0.1) is 0 Å². The molecule has 2 aliphatic carbocycles. The molecule has 0 saturated carbocycles. The summed E-state index contributed by atoms with van der Waals surface area (Å²) < 4.78 is 17.4. The van der Waals surface area contributed by atoms with Gasteiger partial charge in [-0.2, -0.15) is 0 Å². The topological polar surface area (TPSA) is 132 Å². The van der Waals surface area contributed by atoms with Gasteiger partial charge in [-0.25, -0.2) is 4.79 Å². The van der Waals surface area contributed by atoms with Gasteiger partial charge in [-0.05, 0) is 63.0 Å². The van der Waals surface area contributed by atoms with Crippen LogP contribution in [0.1, 0.15) is 43.9 Å². The van der Waals surface area contributed by atoms with Gasteiger partial charge < -0.3 is 35.1 Å². The summed E-state index contributed by atoms with van der Waals surface area (Å²) >= 11 is 0. The number of nitrogens with two attached hydrogens (primary N) is 1. The molecule has 208 valence electrons. The van der Waals surface area contributed by atoms with Gasteiger partial charge in [-0.1, -0.05) is 43.8 Å². The number of hydrogen-bond donors (Lipinski definition) is 3. The lowest BCUT2D eigenvalue weighted by atomic mass is 9.50. The van der Waals surface area contributed by atoms with Crippen LogP contribution in [0, 0.1) is 0 Å². The maximum absolute atomic E-state index is 13.1. The SMILES string of the molecule is C.C[C@H](OC(=O)[C@@H](N)Cc1ccccc1)C(=O)OC1=CC[C@@]2(O)[C@H]3Cc4ccc(O)c5c4[C@@]2(CCN3C)[C@H]1O5. The first kappa shape index (κ1) is 27.2. The zero-order valence-corrected chi connectivity index (χ0v) is 21.4. The second-order valence-corrected chi connectivity index (χ2v) is 10.9. The average molecular weight is 537 g/mol. The van der Waals surface area contributed by atoms with Crippen molar-refractivity contribution in [2.24, 2.45) is 5.73 Å². The third kappa shape index (κ3) is 3.94. The molecule has 2 aromatic rings. The van der Waals surface area contributed by atoms with E-state index in [9.17, 15) is 19.8 Å². The molecule has 2 aliphatic heterocycles. The van der Waals surface area contributed by atoms with Gasteiger partial charge in [0.2, 0.25) is 0 Å². The molecule has 0 unspecified atom stereocenters. The molecule has 0 amide bonds. The molecule has 4 N–H and O–H groups in total. The number of aromatic hydroxyl groups is 1. The maximum Gasteiger partial charge on any atom is 0.352 e. The molecule has 9 heteroatoms. The van der Waals surface area contributed by atoms with Crippen molar-refractivity contribution < 1.29 is 34.0 Å². The Kier molecular flexibility index (Phi) is 6.73. The number of likely N-dealkylation sites (N-methyl/N-ethyl adjacent to an activating group) is 1. The fourth-order valence-electron chi connectivity index (χ4n) is 6.90. The Bertz CT molecular complexity index is 1330. The number of aliphatic hydroxyl groups is 1. The van der Waals surface area contributed by atoms with E-state index in [1.165, 1.54) is 6.92 Å². The largest absolute Gasteiger partial charge is 0.504 e. The minimum Gasteiger partial charge on any atom is -0.504 e. The molecule has 39 heavy (non-hydrogen) atoms. The Morgan fingerprint density at radius 1 is 1.21 bits per heavy atom. The van der Waals surface area contributed by atoms with Crippen molar-refractivity contribution in [2.45, 2.75) is 75.3 Å². The smallest absolute Gasteiger partial charge is 0.352 e. The van der Waals surface area contributed by atoms with E-state index < -0.39 is 41.2 Å². The summed E-state index contributed by atoms with van der Waals surface area (Å²) in [4.78, 5) is 27.8. The number of piperidine rings is 1. The Labute approximate surface area is 228 Å². The molecule has 6 rings (SSSR count). The van der Waals surface area contributed by atoms with Crippen molar-refractivity contribution >= 4 is 11.9 Å². The molecule has 0 aromatic heterocycles. The van der Waals surface area contributed by atoms with Crippen molar-refractivity contribution in [1.82, 2.24) is 4.90 Å². The van der Waals surface area contributed by atoms with E-state index in [-0.39, 0.29) is 37.8 Å². The van der Waals surface area contributed by atoms with Gasteiger partial charge in [0.05, 0.1) is 11.0 Å². The van der Waals surface area contributed by atoms with Crippen LogP contribution in [0.2, 0.25) is 0 Å². The highest BCUT2D eigenvalue weighted by Crippen LogP contribution is 2.65. The van der Waals surface area contributed by atoms with E-state index in [0.717, 1.165) is 23.2 Å². The van der Waals surface area contributed by atoms with Gasteiger partial charge in [-0.3, -0.25) is 4.79 Å². The summed E-state index contributed by atoms with van der Waals surface area (Å²) in [6.07, 6.45) is 1.43. The fraction of sp³-hybridized carbons (Fsp3) is 0.467. The number of esters is 2. The maximum atomic E-state index is 13.1. The van der Waals surface area contributed by atoms with Gasteiger partial charge in [0, 0.05) is 18.0 Å².